The Morgan fingerprint density at radius 2 is 1.65 bits per heavy atom. The van der Waals surface area contributed by atoms with Crippen LogP contribution in [0.1, 0.15) is 25.6 Å². The van der Waals surface area contributed by atoms with Gasteiger partial charge in [-0.25, -0.2) is 15.0 Å². The van der Waals surface area contributed by atoms with Gasteiger partial charge in [-0.1, -0.05) is 12.1 Å². The molecule has 0 bridgehead atoms. The van der Waals surface area contributed by atoms with Crippen molar-refractivity contribution in [3.05, 3.63) is 59.8 Å². The molecule has 0 unspecified atom stereocenters. The fraction of sp³-hybridized carbons (Fsp3) is 0.568. The van der Waals surface area contributed by atoms with Gasteiger partial charge in [-0.2, -0.15) is 0 Å². The summed E-state index contributed by atoms with van der Waals surface area (Å²) in [5.41, 5.74) is 1.84. The molecule has 20 heteroatoms. The van der Waals surface area contributed by atoms with Crippen LogP contribution in [-0.2, 0) is 42.7 Å². The van der Waals surface area contributed by atoms with E-state index in [-0.39, 0.29) is 17.5 Å². The lowest BCUT2D eigenvalue weighted by Gasteiger charge is -2.43. The van der Waals surface area contributed by atoms with Crippen LogP contribution in [0.4, 0.5) is 5.82 Å². The van der Waals surface area contributed by atoms with Crippen molar-refractivity contribution in [1.29, 1.82) is 0 Å². The van der Waals surface area contributed by atoms with Crippen molar-refractivity contribution in [3.63, 3.8) is 0 Å². The molecule has 3 aromatic rings. The molecular weight excluding hydrogens is 752 g/mol. The normalized spacial score (nSPS) is 32.5. The quantitative estimate of drug-likeness (QED) is 0.105. The predicted molar refractivity (Wildman–Crippen MR) is 198 cm³/mol. The number of aromatic nitrogens is 4. The van der Waals surface area contributed by atoms with E-state index in [1.54, 1.807) is 53.7 Å². The van der Waals surface area contributed by atoms with Crippen LogP contribution in [0.15, 0.2) is 54.2 Å². The van der Waals surface area contributed by atoms with E-state index in [0.717, 1.165) is 0 Å². The number of hydrogen-bond acceptors (Lipinski definition) is 18. The number of nitrogens with zero attached hydrogens (tertiary/aromatic N) is 5. The number of aliphatic hydroxyl groups is 4. The summed E-state index contributed by atoms with van der Waals surface area (Å²) < 4.78 is 53.3. The van der Waals surface area contributed by atoms with Crippen molar-refractivity contribution in [2.75, 3.05) is 54.0 Å². The van der Waals surface area contributed by atoms with Gasteiger partial charge < -0.3 is 73.3 Å². The van der Waals surface area contributed by atoms with Gasteiger partial charge in [0.15, 0.2) is 35.4 Å². The molecule has 5 N–H and O–H groups in total. The summed E-state index contributed by atoms with van der Waals surface area (Å²) in [6.07, 6.45) is -6.42. The maximum Gasteiger partial charge on any atom is 0.324 e. The minimum Gasteiger partial charge on any atom is -0.466 e. The molecule has 2 aromatic heterocycles. The Morgan fingerprint density at radius 1 is 0.947 bits per heavy atom. The summed E-state index contributed by atoms with van der Waals surface area (Å²) in [5, 5.41) is 45.9. The molecule has 0 saturated carbocycles. The fourth-order valence-electron chi connectivity index (χ4n) is 7.07. The molecule has 0 spiro atoms. The Morgan fingerprint density at radius 3 is 2.28 bits per heavy atom. The Labute approximate surface area is 328 Å². The van der Waals surface area contributed by atoms with Crippen LogP contribution in [0, 0.1) is 0 Å². The highest BCUT2D eigenvalue weighted by Gasteiger charge is 2.50. The van der Waals surface area contributed by atoms with Gasteiger partial charge in [0.05, 0.1) is 32.2 Å². The zero-order valence-electron chi connectivity index (χ0n) is 32.8. The first kappa shape index (κ1) is 42.0. The molecule has 5 heterocycles. The smallest absolute Gasteiger partial charge is 0.324 e. The van der Waals surface area contributed by atoms with Gasteiger partial charge in [0, 0.05) is 41.0 Å². The van der Waals surface area contributed by atoms with E-state index in [4.69, 9.17) is 42.6 Å². The number of methoxy groups -OCH3 is 4. The molecular formula is C37H50N6O14. The van der Waals surface area contributed by atoms with Crippen molar-refractivity contribution >= 4 is 29.0 Å². The van der Waals surface area contributed by atoms with E-state index in [1.807, 2.05) is 14.1 Å². The number of imidazole rings is 1. The fourth-order valence-corrected chi connectivity index (χ4v) is 7.07. The molecule has 1 amide bonds. The van der Waals surface area contributed by atoms with Crippen molar-refractivity contribution in [1.82, 2.24) is 24.8 Å². The number of amides is 1. The van der Waals surface area contributed by atoms with Crippen molar-refractivity contribution in [2.45, 2.75) is 87.5 Å². The zero-order chi connectivity index (χ0) is 41.1. The van der Waals surface area contributed by atoms with E-state index < -0.39 is 86.2 Å². The third kappa shape index (κ3) is 8.36. The number of rotatable bonds is 14. The van der Waals surface area contributed by atoms with Gasteiger partial charge in [0.1, 0.15) is 42.6 Å². The average Bonchev–Trinajstić information content (AvgIpc) is 3.86. The highest BCUT2D eigenvalue weighted by Crippen LogP contribution is 2.35. The number of nitrogens with one attached hydrogen (secondary N) is 1. The van der Waals surface area contributed by atoms with Crippen LogP contribution in [0.3, 0.4) is 0 Å². The number of hydrogen-bond donors (Lipinski definition) is 5. The van der Waals surface area contributed by atoms with Crippen LogP contribution in [-0.4, -0.2) is 162 Å². The Hall–Kier alpha value is -4.64. The molecule has 3 aliphatic rings. The van der Waals surface area contributed by atoms with Crippen LogP contribution in [0.5, 0.6) is 5.75 Å². The molecule has 0 radical (unpaired) electrons. The van der Waals surface area contributed by atoms with Crippen LogP contribution < -0.4 is 15.0 Å². The number of benzene rings is 1. The van der Waals surface area contributed by atoms with E-state index in [0.29, 0.717) is 28.1 Å². The molecule has 3 saturated heterocycles. The Kier molecular flexibility index (Phi) is 13.2. The van der Waals surface area contributed by atoms with E-state index in [9.17, 15) is 25.2 Å². The summed E-state index contributed by atoms with van der Waals surface area (Å²) >= 11 is 0. The molecule has 0 aliphatic carbocycles. The SMILES string of the molecule is COC(O[C@H]1O[C@@H](C)[C@H](OC)[C@@H](OC)[C@@H]1OC)=C1O[C@H](Oc2ccc(C=C(C)C(=O)N[C@@H]3[C@H](O)[C@H](n4cnc5c(N(C)C)ncnc54)O[C@@H]3CO)cc2)[C@H](O)[C@@H]1O. The van der Waals surface area contributed by atoms with Gasteiger partial charge in [-0.05, 0) is 37.6 Å². The van der Waals surface area contributed by atoms with Crippen LogP contribution in [0.25, 0.3) is 17.2 Å². The van der Waals surface area contributed by atoms with Crippen molar-refractivity contribution in [3.8, 4) is 5.75 Å². The highest BCUT2D eigenvalue weighted by molar-refractivity contribution is 5.97. The Bertz CT molecular complexity index is 1910. The van der Waals surface area contributed by atoms with Crippen molar-refractivity contribution < 1.29 is 67.9 Å². The third-order valence-electron chi connectivity index (χ3n) is 10.0. The lowest BCUT2D eigenvalue weighted by molar-refractivity contribution is -0.304. The second kappa shape index (κ2) is 17.9. The van der Waals surface area contributed by atoms with Gasteiger partial charge in [-0.15, -0.1) is 0 Å². The summed E-state index contributed by atoms with van der Waals surface area (Å²) in [4.78, 5) is 28.1. The van der Waals surface area contributed by atoms with Crippen LogP contribution >= 0.6 is 0 Å². The second-order valence-corrected chi connectivity index (χ2v) is 13.9. The van der Waals surface area contributed by atoms with Gasteiger partial charge in [-0.3, -0.25) is 9.36 Å². The number of anilines is 1. The molecule has 3 aliphatic heterocycles. The maximum atomic E-state index is 13.3. The first-order valence-electron chi connectivity index (χ1n) is 18.1. The Balaban J connectivity index is 1.09. The summed E-state index contributed by atoms with van der Waals surface area (Å²) in [6, 6.07) is 5.57. The average molecular weight is 803 g/mol. The number of carbonyl (C=O) groups excluding carboxylic acids is 1. The van der Waals surface area contributed by atoms with Gasteiger partial charge >= 0.3 is 5.95 Å². The monoisotopic (exact) mass is 802 g/mol. The lowest BCUT2D eigenvalue weighted by atomic mass is 9.99. The molecule has 12 atom stereocenters. The second-order valence-electron chi connectivity index (χ2n) is 13.9. The van der Waals surface area contributed by atoms with Crippen LogP contribution in [0.2, 0.25) is 0 Å². The third-order valence-corrected chi connectivity index (χ3v) is 10.0. The highest BCUT2D eigenvalue weighted by atomic mass is 16.8. The number of carbonyl (C=O) groups is 1. The zero-order valence-corrected chi connectivity index (χ0v) is 32.8. The van der Waals surface area contributed by atoms with E-state index in [1.165, 1.54) is 41.1 Å². The lowest BCUT2D eigenvalue weighted by Crippen LogP contribution is -2.59. The first-order valence-corrected chi connectivity index (χ1v) is 18.1. The molecule has 20 nitrogen and oxygen atoms in total. The number of ether oxygens (including phenoxy) is 9. The maximum absolute atomic E-state index is 13.3. The molecule has 57 heavy (non-hydrogen) atoms. The summed E-state index contributed by atoms with van der Waals surface area (Å²) in [7, 11) is 9.46. The minimum absolute atomic E-state index is 0.219. The van der Waals surface area contributed by atoms with E-state index >= 15 is 0 Å². The van der Waals surface area contributed by atoms with Gasteiger partial charge in [0.2, 0.25) is 18.0 Å². The number of fused-ring (bicyclic) bond motifs is 1. The predicted octanol–water partition coefficient (Wildman–Crippen LogP) is -0.190. The molecule has 3 fully saturated rings. The molecule has 1 aromatic carbocycles. The first-order chi connectivity index (χ1) is 27.3. The van der Waals surface area contributed by atoms with Gasteiger partial charge in [0.25, 0.3) is 6.29 Å². The van der Waals surface area contributed by atoms with Crippen molar-refractivity contribution in [2.24, 2.45) is 0 Å². The minimum atomic E-state index is -1.58. The molecule has 6 rings (SSSR count). The van der Waals surface area contributed by atoms with E-state index in [2.05, 4.69) is 20.3 Å². The topological polar surface area (TPSA) is 240 Å². The summed E-state index contributed by atoms with van der Waals surface area (Å²) in [6.45, 7) is 2.92. The standard InChI is InChI=1S/C37H50N6O14/c1-17(33(48)41-22-21(14-44)55-34(24(22)45)43-16-40-23-31(42(3)4)38-15-39-32(23)43)13-19-9-11-20(12-10-19)54-35-26(47)25(46)28(56-35)36(52-8)57-37-30(51-7)29(50-6)27(49-5)18(2)53-37/h9-13,15-16,18,21-22,24-27,29-30,34-35,37,44-47H,14H2,1-8H3,(H,41,48)/t18-,21+,22-,24-,25-,26+,27-,29+,30-,34+,35-,37+/m0/s1. The number of aliphatic hydroxyl groups excluding tert-OH is 4. The summed E-state index contributed by atoms with van der Waals surface area (Å²) in [5.74, 6) is -0.114. The molecule has 312 valence electrons. The largest absolute Gasteiger partial charge is 0.466 e.